The van der Waals surface area contributed by atoms with E-state index in [0.29, 0.717) is 18.7 Å². The zero-order valence-electron chi connectivity index (χ0n) is 15.6. The molecule has 25 heavy (non-hydrogen) atoms. The molecule has 5 heteroatoms. The molecular weight excluding hydrogens is 319 g/mol. The van der Waals surface area contributed by atoms with Crippen molar-refractivity contribution >= 4 is 5.91 Å². The van der Waals surface area contributed by atoms with Gasteiger partial charge in [-0.1, -0.05) is 20.8 Å². The van der Waals surface area contributed by atoms with Crippen molar-refractivity contribution in [3.63, 3.8) is 0 Å². The van der Waals surface area contributed by atoms with E-state index in [4.69, 9.17) is 4.74 Å². The molecule has 1 heterocycles. The molecule has 1 saturated heterocycles. The molecule has 1 aliphatic heterocycles. The van der Waals surface area contributed by atoms with Crippen LogP contribution >= 0.6 is 0 Å². The number of halogens is 1. The van der Waals surface area contributed by atoms with Gasteiger partial charge < -0.3 is 15.0 Å². The predicted octanol–water partition coefficient (Wildman–Crippen LogP) is 3.47. The van der Waals surface area contributed by atoms with Crippen molar-refractivity contribution in [1.29, 1.82) is 0 Å². The van der Waals surface area contributed by atoms with Gasteiger partial charge in [0.05, 0.1) is 0 Å². The monoisotopic (exact) mass is 350 g/mol. The number of rotatable bonds is 8. The number of piperidine rings is 1. The molecule has 0 saturated carbocycles. The maximum absolute atomic E-state index is 12.9. The minimum absolute atomic E-state index is 0.104. The Morgan fingerprint density at radius 2 is 1.92 bits per heavy atom. The number of likely N-dealkylation sites (tertiary alicyclic amines) is 1. The number of carbonyl (C=O) groups is 1. The first-order valence-electron chi connectivity index (χ1n) is 9.40. The van der Waals surface area contributed by atoms with Gasteiger partial charge in [-0.15, -0.1) is 0 Å². The molecule has 0 spiro atoms. The largest absolute Gasteiger partial charge is 0.481 e. The summed E-state index contributed by atoms with van der Waals surface area (Å²) < 4.78 is 18.6. The maximum Gasteiger partial charge on any atom is 0.261 e. The normalized spacial score (nSPS) is 22.4. The van der Waals surface area contributed by atoms with Crippen LogP contribution in [0, 0.1) is 17.7 Å². The van der Waals surface area contributed by atoms with E-state index in [1.807, 2.05) is 6.92 Å². The first kappa shape index (κ1) is 19.7. The van der Waals surface area contributed by atoms with Crippen molar-refractivity contribution in [2.45, 2.75) is 46.1 Å². The molecule has 0 bridgehead atoms. The smallest absolute Gasteiger partial charge is 0.261 e. The molecule has 4 nitrogen and oxygen atoms in total. The second kappa shape index (κ2) is 9.76. The average molecular weight is 350 g/mol. The van der Waals surface area contributed by atoms with Gasteiger partial charge in [-0.25, -0.2) is 4.39 Å². The van der Waals surface area contributed by atoms with Gasteiger partial charge in [-0.3, -0.25) is 4.79 Å². The summed E-state index contributed by atoms with van der Waals surface area (Å²) in [6.07, 6.45) is 2.29. The summed E-state index contributed by atoms with van der Waals surface area (Å²) in [6.45, 7) is 10.5. The highest BCUT2D eigenvalue weighted by molar-refractivity contribution is 5.81. The average Bonchev–Trinajstić information content (AvgIpc) is 2.57. The van der Waals surface area contributed by atoms with Gasteiger partial charge in [0.2, 0.25) is 0 Å². The van der Waals surface area contributed by atoms with Gasteiger partial charge in [-0.2, -0.15) is 0 Å². The molecule has 1 amide bonds. The van der Waals surface area contributed by atoms with E-state index in [0.717, 1.165) is 37.9 Å². The fourth-order valence-electron chi connectivity index (χ4n) is 3.60. The minimum Gasteiger partial charge on any atom is -0.481 e. The van der Waals surface area contributed by atoms with Crippen molar-refractivity contribution in [1.82, 2.24) is 10.2 Å². The maximum atomic E-state index is 12.9. The molecule has 3 unspecified atom stereocenters. The Bertz CT molecular complexity index is 525. The zero-order chi connectivity index (χ0) is 18.2. The van der Waals surface area contributed by atoms with E-state index in [1.165, 1.54) is 18.6 Å². The van der Waals surface area contributed by atoms with Gasteiger partial charge >= 0.3 is 0 Å². The van der Waals surface area contributed by atoms with E-state index in [-0.39, 0.29) is 11.7 Å². The van der Waals surface area contributed by atoms with Crippen molar-refractivity contribution in [2.24, 2.45) is 11.8 Å². The first-order valence-corrected chi connectivity index (χ1v) is 9.40. The first-order chi connectivity index (χ1) is 12.0. The standard InChI is InChI=1S/C20H31FN2O2/c1-4-19(25-18-8-6-17(21)7-9-18)20(24)22-10-5-11-23-13-15(2)12-16(3)14-23/h6-9,15-16,19H,4-5,10-14H2,1-3H3,(H,22,24). The lowest BCUT2D eigenvalue weighted by Crippen LogP contribution is -2.41. The molecule has 0 aromatic heterocycles. The van der Waals surface area contributed by atoms with Crippen LogP contribution in [0.5, 0.6) is 5.75 Å². The van der Waals surface area contributed by atoms with E-state index >= 15 is 0 Å². The van der Waals surface area contributed by atoms with E-state index < -0.39 is 6.10 Å². The Hall–Kier alpha value is -1.62. The third kappa shape index (κ3) is 6.65. The van der Waals surface area contributed by atoms with Crippen molar-refractivity contribution < 1.29 is 13.9 Å². The number of nitrogens with zero attached hydrogens (tertiary/aromatic N) is 1. The summed E-state index contributed by atoms with van der Waals surface area (Å²) in [7, 11) is 0. The van der Waals surface area contributed by atoms with Gasteiger partial charge in [0.1, 0.15) is 11.6 Å². The van der Waals surface area contributed by atoms with E-state index in [1.54, 1.807) is 12.1 Å². The highest BCUT2D eigenvalue weighted by atomic mass is 19.1. The van der Waals surface area contributed by atoms with Crippen LogP contribution < -0.4 is 10.1 Å². The summed E-state index contributed by atoms with van der Waals surface area (Å²) in [5.41, 5.74) is 0. The van der Waals surface area contributed by atoms with Crippen LogP contribution in [0.1, 0.15) is 40.0 Å². The summed E-state index contributed by atoms with van der Waals surface area (Å²) in [5, 5.41) is 2.96. The van der Waals surface area contributed by atoms with Crippen molar-refractivity contribution in [3.05, 3.63) is 30.1 Å². The van der Waals surface area contributed by atoms with Crippen LogP contribution in [0.2, 0.25) is 0 Å². The number of carbonyl (C=O) groups excluding carboxylic acids is 1. The molecule has 0 radical (unpaired) electrons. The molecule has 1 fully saturated rings. The molecule has 1 aliphatic rings. The third-order valence-electron chi connectivity index (χ3n) is 4.65. The SMILES string of the molecule is CCC(Oc1ccc(F)cc1)C(=O)NCCCN1CC(C)CC(C)C1. The number of nitrogens with one attached hydrogen (secondary N) is 1. The topological polar surface area (TPSA) is 41.6 Å². The molecule has 3 atom stereocenters. The van der Waals surface area contributed by atoms with Gasteiger partial charge in [0.15, 0.2) is 6.10 Å². The van der Waals surface area contributed by atoms with E-state index in [2.05, 4.69) is 24.1 Å². The Balaban J connectivity index is 1.70. The van der Waals surface area contributed by atoms with Gasteiger partial charge in [0, 0.05) is 19.6 Å². The van der Waals surface area contributed by atoms with Crippen LogP contribution in [0.4, 0.5) is 4.39 Å². The lowest BCUT2D eigenvalue weighted by molar-refractivity contribution is -0.128. The summed E-state index contributed by atoms with van der Waals surface area (Å²) >= 11 is 0. The lowest BCUT2D eigenvalue weighted by atomic mass is 9.92. The van der Waals surface area contributed by atoms with Crippen molar-refractivity contribution in [3.8, 4) is 5.75 Å². The fraction of sp³-hybridized carbons (Fsp3) is 0.650. The molecule has 2 rings (SSSR count). The number of benzene rings is 1. The predicted molar refractivity (Wildman–Crippen MR) is 98.1 cm³/mol. The minimum atomic E-state index is -0.541. The van der Waals surface area contributed by atoms with Crippen LogP contribution in [0.3, 0.4) is 0 Å². The molecule has 1 aromatic carbocycles. The lowest BCUT2D eigenvalue weighted by Gasteiger charge is -2.35. The Morgan fingerprint density at radius 3 is 2.52 bits per heavy atom. The van der Waals surface area contributed by atoms with Crippen LogP contribution in [0.25, 0.3) is 0 Å². The Kier molecular flexibility index (Phi) is 7.69. The molecular formula is C20H31FN2O2. The molecule has 1 aromatic rings. The van der Waals surface area contributed by atoms with Crippen LogP contribution in [-0.4, -0.2) is 43.1 Å². The molecule has 1 N–H and O–H groups in total. The van der Waals surface area contributed by atoms with E-state index in [9.17, 15) is 9.18 Å². The molecule has 140 valence electrons. The number of hydrogen-bond acceptors (Lipinski definition) is 3. The fourth-order valence-corrected chi connectivity index (χ4v) is 3.60. The van der Waals surface area contributed by atoms with Crippen molar-refractivity contribution in [2.75, 3.05) is 26.2 Å². The molecule has 0 aliphatic carbocycles. The number of ether oxygens (including phenoxy) is 1. The Labute approximate surface area is 150 Å². The highest BCUT2D eigenvalue weighted by Gasteiger charge is 2.21. The van der Waals surface area contributed by atoms with Crippen LogP contribution in [0.15, 0.2) is 24.3 Å². The highest BCUT2D eigenvalue weighted by Crippen LogP contribution is 2.20. The second-order valence-electron chi connectivity index (χ2n) is 7.32. The summed E-state index contributed by atoms with van der Waals surface area (Å²) in [4.78, 5) is 14.8. The summed E-state index contributed by atoms with van der Waals surface area (Å²) in [6, 6.07) is 5.76. The van der Waals surface area contributed by atoms with Crippen LogP contribution in [-0.2, 0) is 4.79 Å². The zero-order valence-corrected chi connectivity index (χ0v) is 15.6. The van der Waals surface area contributed by atoms with Gasteiger partial charge in [-0.05, 0) is 61.9 Å². The third-order valence-corrected chi connectivity index (χ3v) is 4.65. The number of hydrogen-bond donors (Lipinski definition) is 1. The Morgan fingerprint density at radius 1 is 1.28 bits per heavy atom. The van der Waals surface area contributed by atoms with Gasteiger partial charge in [0.25, 0.3) is 5.91 Å². The quantitative estimate of drug-likeness (QED) is 0.730. The number of amides is 1. The second-order valence-corrected chi connectivity index (χ2v) is 7.32. The summed E-state index contributed by atoms with van der Waals surface area (Å²) in [5.74, 6) is 1.61.